The normalized spacial score (nSPS) is 14.3. The number of hydrogen-bond acceptors (Lipinski definition) is 6. The third-order valence-corrected chi connectivity index (χ3v) is 2.93. The number of nitrogens with one attached hydrogen (secondary N) is 1. The number of halogens is 3. The first-order valence-electron chi connectivity index (χ1n) is 6.26. The van der Waals surface area contributed by atoms with E-state index < -0.39 is 45.7 Å². The van der Waals surface area contributed by atoms with Crippen LogP contribution in [0.15, 0.2) is 30.5 Å². The van der Waals surface area contributed by atoms with Crippen molar-refractivity contribution < 1.29 is 32.4 Å². The molecule has 0 saturated heterocycles. The molecule has 11 heteroatoms. The highest BCUT2D eigenvalue weighted by Crippen LogP contribution is 2.44. The fourth-order valence-corrected chi connectivity index (χ4v) is 1.95. The van der Waals surface area contributed by atoms with Crippen LogP contribution in [0, 0.1) is 15.9 Å². The highest BCUT2D eigenvalue weighted by Gasteiger charge is 2.45. The number of benzene rings is 1. The number of pyridine rings is 1. The quantitative estimate of drug-likeness (QED) is 0.680. The average Bonchev–Trinajstić information content (AvgIpc) is 2.81. The summed E-state index contributed by atoms with van der Waals surface area (Å²) in [4.78, 5) is 25.8. The molecule has 3 rings (SSSR count). The van der Waals surface area contributed by atoms with Crippen LogP contribution in [-0.4, -0.2) is 22.1 Å². The molecule has 1 N–H and O–H groups in total. The minimum Gasteiger partial charge on any atom is -0.395 e. The summed E-state index contributed by atoms with van der Waals surface area (Å²) < 4.78 is 47.1. The Morgan fingerprint density at radius 2 is 1.92 bits per heavy atom. The van der Waals surface area contributed by atoms with E-state index in [-0.39, 0.29) is 5.82 Å². The second-order valence-corrected chi connectivity index (χ2v) is 4.56. The lowest BCUT2D eigenvalue weighted by Gasteiger charge is -2.06. The Balaban J connectivity index is 1.96. The number of aromatic nitrogens is 1. The molecule has 1 aromatic heterocycles. The van der Waals surface area contributed by atoms with E-state index in [1.807, 2.05) is 0 Å². The second-order valence-electron chi connectivity index (χ2n) is 4.56. The predicted molar refractivity (Wildman–Crippen MR) is 71.4 cm³/mol. The summed E-state index contributed by atoms with van der Waals surface area (Å²) in [6.07, 6.45) is -3.16. The van der Waals surface area contributed by atoms with E-state index in [4.69, 9.17) is 0 Å². The van der Waals surface area contributed by atoms with Gasteiger partial charge in [0.2, 0.25) is 0 Å². The van der Waals surface area contributed by atoms with Crippen LogP contribution in [0.2, 0.25) is 0 Å². The van der Waals surface area contributed by atoms with E-state index in [1.54, 1.807) is 0 Å². The number of ether oxygens (including phenoxy) is 2. The average molecular weight is 341 g/mol. The number of nitro groups is 1. The zero-order chi connectivity index (χ0) is 17.5. The number of nitro benzene ring substituents is 1. The molecule has 0 fully saturated rings. The van der Waals surface area contributed by atoms with E-state index in [2.05, 4.69) is 19.8 Å². The summed E-state index contributed by atoms with van der Waals surface area (Å²) in [5.41, 5.74) is -1.32. The van der Waals surface area contributed by atoms with Gasteiger partial charge in [-0.05, 0) is 12.1 Å². The van der Waals surface area contributed by atoms with Gasteiger partial charge in [0.05, 0.1) is 17.2 Å². The van der Waals surface area contributed by atoms with Crippen LogP contribution in [-0.2, 0) is 0 Å². The van der Waals surface area contributed by atoms with Crippen molar-refractivity contribution in [1.82, 2.24) is 4.98 Å². The Hall–Kier alpha value is -3.37. The molecule has 124 valence electrons. The first-order chi connectivity index (χ1) is 11.2. The maximum absolute atomic E-state index is 13.0. The van der Waals surface area contributed by atoms with Gasteiger partial charge in [-0.1, -0.05) is 0 Å². The largest absolute Gasteiger partial charge is 0.586 e. The molecule has 0 atom stereocenters. The van der Waals surface area contributed by atoms with E-state index >= 15 is 0 Å². The molecule has 2 aromatic rings. The Kier molecular flexibility index (Phi) is 3.47. The van der Waals surface area contributed by atoms with E-state index in [9.17, 15) is 28.1 Å². The number of alkyl halides is 2. The molecule has 1 amide bonds. The van der Waals surface area contributed by atoms with E-state index in [1.165, 1.54) is 0 Å². The maximum atomic E-state index is 13.0. The number of hydrogen-bond donors (Lipinski definition) is 1. The molecule has 8 nitrogen and oxygen atoms in total. The molecule has 1 aromatic carbocycles. The van der Waals surface area contributed by atoms with Gasteiger partial charge in [0.1, 0.15) is 17.2 Å². The molecule has 0 unspecified atom stereocenters. The highest BCUT2D eigenvalue weighted by atomic mass is 19.3. The predicted octanol–water partition coefficient (Wildman–Crippen LogP) is 2.70. The van der Waals surface area contributed by atoms with Crippen molar-refractivity contribution in [3.63, 3.8) is 0 Å². The van der Waals surface area contributed by atoms with Gasteiger partial charge >= 0.3 is 6.29 Å². The first-order valence-corrected chi connectivity index (χ1v) is 6.26. The SMILES string of the molecule is O=C(Nc1ccc(F)cn1)c1cc2c(cc1[N+](=O)[O-])OC(F)(F)O2. The Bertz CT molecular complexity index is 841. The third-order valence-electron chi connectivity index (χ3n) is 2.93. The first kappa shape index (κ1) is 15.5. The van der Waals surface area contributed by atoms with E-state index in [0.717, 1.165) is 24.4 Å². The van der Waals surface area contributed by atoms with Gasteiger partial charge in [0.25, 0.3) is 11.6 Å². The molecule has 1 aliphatic rings. The van der Waals surface area contributed by atoms with Gasteiger partial charge in [-0.25, -0.2) is 9.37 Å². The van der Waals surface area contributed by atoms with Crippen LogP contribution in [0.4, 0.5) is 24.7 Å². The number of rotatable bonds is 3. The smallest absolute Gasteiger partial charge is 0.395 e. The molecule has 24 heavy (non-hydrogen) atoms. The van der Waals surface area contributed by atoms with Crippen molar-refractivity contribution in [2.45, 2.75) is 6.29 Å². The van der Waals surface area contributed by atoms with Gasteiger partial charge in [0.15, 0.2) is 11.5 Å². The molecule has 0 saturated carbocycles. The van der Waals surface area contributed by atoms with Crippen LogP contribution in [0.1, 0.15) is 10.4 Å². The fourth-order valence-electron chi connectivity index (χ4n) is 1.95. The third kappa shape index (κ3) is 2.91. The van der Waals surface area contributed by atoms with Crippen LogP contribution in [0.5, 0.6) is 11.5 Å². The highest BCUT2D eigenvalue weighted by molar-refractivity contribution is 6.07. The number of nitrogens with zero attached hydrogens (tertiary/aromatic N) is 2. The molecule has 0 spiro atoms. The number of amides is 1. The maximum Gasteiger partial charge on any atom is 0.586 e. The lowest BCUT2D eigenvalue weighted by molar-refractivity contribution is -0.385. The number of carbonyl (C=O) groups is 1. The lowest BCUT2D eigenvalue weighted by atomic mass is 10.1. The summed E-state index contributed by atoms with van der Waals surface area (Å²) >= 11 is 0. The standard InChI is InChI=1S/C13H6F3N3O5/c14-6-1-2-11(17-5-6)18-12(20)7-3-9-10(4-8(7)19(21)22)24-13(15,16)23-9/h1-5H,(H,17,18,20). The number of fused-ring (bicyclic) bond motifs is 1. The van der Waals surface area contributed by atoms with Gasteiger partial charge in [-0.3, -0.25) is 14.9 Å². The van der Waals surface area contributed by atoms with Gasteiger partial charge in [-0.2, -0.15) is 0 Å². The molecular formula is C13H6F3N3O5. The Morgan fingerprint density at radius 3 is 2.50 bits per heavy atom. The summed E-state index contributed by atoms with van der Waals surface area (Å²) in [5, 5.41) is 13.2. The van der Waals surface area contributed by atoms with Crippen molar-refractivity contribution in [3.8, 4) is 11.5 Å². The summed E-state index contributed by atoms with van der Waals surface area (Å²) in [5.74, 6) is -2.84. The number of carbonyl (C=O) groups excluding carboxylic acids is 1. The molecule has 2 heterocycles. The molecule has 0 bridgehead atoms. The summed E-state index contributed by atoms with van der Waals surface area (Å²) in [6.45, 7) is 0. The lowest BCUT2D eigenvalue weighted by Crippen LogP contribution is -2.25. The Labute approximate surface area is 131 Å². The zero-order valence-corrected chi connectivity index (χ0v) is 11.5. The van der Waals surface area contributed by atoms with E-state index in [0.29, 0.717) is 6.07 Å². The second kappa shape index (κ2) is 5.37. The van der Waals surface area contributed by atoms with Gasteiger partial charge < -0.3 is 14.8 Å². The van der Waals surface area contributed by atoms with Gasteiger partial charge in [-0.15, -0.1) is 8.78 Å². The zero-order valence-electron chi connectivity index (χ0n) is 11.5. The molecular weight excluding hydrogens is 335 g/mol. The van der Waals surface area contributed by atoms with Crippen LogP contribution in [0.3, 0.4) is 0 Å². The minimum atomic E-state index is -3.98. The fraction of sp³-hybridized carbons (Fsp3) is 0.0769. The summed E-state index contributed by atoms with van der Waals surface area (Å²) in [7, 11) is 0. The topological polar surface area (TPSA) is 104 Å². The van der Waals surface area contributed by atoms with Crippen LogP contribution < -0.4 is 14.8 Å². The monoisotopic (exact) mass is 341 g/mol. The van der Waals surface area contributed by atoms with Crippen molar-refractivity contribution in [2.24, 2.45) is 0 Å². The molecule has 0 aliphatic carbocycles. The van der Waals surface area contributed by atoms with Gasteiger partial charge in [0, 0.05) is 6.07 Å². The van der Waals surface area contributed by atoms with Crippen molar-refractivity contribution in [1.29, 1.82) is 0 Å². The minimum absolute atomic E-state index is 0.0845. The van der Waals surface area contributed by atoms with Crippen molar-refractivity contribution >= 4 is 17.4 Å². The summed E-state index contributed by atoms with van der Waals surface area (Å²) in [6, 6.07) is 3.55. The van der Waals surface area contributed by atoms with Crippen LogP contribution >= 0.6 is 0 Å². The molecule has 1 aliphatic heterocycles. The Morgan fingerprint density at radius 1 is 1.25 bits per heavy atom. The van der Waals surface area contributed by atoms with Crippen LogP contribution in [0.25, 0.3) is 0 Å². The van der Waals surface area contributed by atoms with Crippen molar-refractivity contribution in [2.75, 3.05) is 5.32 Å². The molecule has 0 radical (unpaired) electrons. The van der Waals surface area contributed by atoms with Crippen molar-refractivity contribution in [3.05, 3.63) is 52.0 Å². The number of anilines is 1.